The minimum absolute atomic E-state index is 0.0559. The molecule has 0 spiro atoms. The fourth-order valence-electron chi connectivity index (χ4n) is 2.09. The highest BCUT2D eigenvalue weighted by Crippen LogP contribution is 2.20. The molecule has 1 N–H and O–H groups in total. The molecule has 1 aliphatic heterocycles. The molecule has 1 unspecified atom stereocenters. The Balaban J connectivity index is 2.40. The molecule has 1 fully saturated rings. The molecule has 15 heavy (non-hydrogen) atoms. The van der Waals surface area contributed by atoms with Crippen molar-refractivity contribution in [3.63, 3.8) is 0 Å². The lowest BCUT2D eigenvalue weighted by molar-refractivity contribution is -0.148. The van der Waals surface area contributed by atoms with Crippen molar-refractivity contribution in [2.75, 3.05) is 26.2 Å². The van der Waals surface area contributed by atoms with E-state index in [1.165, 1.54) is 0 Å². The van der Waals surface area contributed by atoms with Gasteiger partial charge in [0.25, 0.3) is 0 Å². The Kier molecular flexibility index (Phi) is 4.59. The second-order valence-electron chi connectivity index (χ2n) is 4.72. The highest BCUT2D eigenvalue weighted by atomic mass is 16.5. The van der Waals surface area contributed by atoms with Crippen LogP contribution in [0.25, 0.3) is 0 Å². The summed E-state index contributed by atoms with van der Waals surface area (Å²) in [4.78, 5) is 2.32. The summed E-state index contributed by atoms with van der Waals surface area (Å²) in [7, 11) is 0. The lowest BCUT2D eigenvalue weighted by Crippen LogP contribution is -2.53. The van der Waals surface area contributed by atoms with Crippen LogP contribution in [0.4, 0.5) is 0 Å². The zero-order valence-electron chi connectivity index (χ0n) is 9.70. The summed E-state index contributed by atoms with van der Waals surface area (Å²) in [6.45, 7) is 6.92. The molecule has 1 heterocycles. The molecule has 0 saturated carbocycles. The number of aliphatic hydroxyl groups excluding tert-OH is 1. The van der Waals surface area contributed by atoms with E-state index in [2.05, 4.69) is 24.7 Å². The third-order valence-electron chi connectivity index (χ3n) is 2.55. The first kappa shape index (κ1) is 12.5. The van der Waals surface area contributed by atoms with Crippen LogP contribution in [0.2, 0.25) is 0 Å². The van der Waals surface area contributed by atoms with Crippen molar-refractivity contribution in [3.05, 3.63) is 0 Å². The SMILES string of the molecule is C#CCCCN1CC(CO)OC(C)(C)C1. The van der Waals surface area contributed by atoms with Crippen LogP contribution in [-0.2, 0) is 4.74 Å². The van der Waals surface area contributed by atoms with Gasteiger partial charge in [0.1, 0.15) is 0 Å². The molecule has 3 nitrogen and oxygen atoms in total. The predicted molar refractivity (Wildman–Crippen MR) is 60.5 cm³/mol. The summed E-state index contributed by atoms with van der Waals surface area (Å²) >= 11 is 0. The standard InChI is InChI=1S/C12H21NO2/c1-4-5-6-7-13-8-11(9-14)15-12(2,3)10-13/h1,11,14H,5-10H2,2-3H3. The molecule has 0 aliphatic carbocycles. The Morgan fingerprint density at radius 1 is 1.60 bits per heavy atom. The highest BCUT2D eigenvalue weighted by molar-refractivity contribution is 4.86. The number of nitrogens with zero attached hydrogens (tertiary/aromatic N) is 1. The molecule has 1 saturated heterocycles. The first-order chi connectivity index (χ1) is 7.07. The molecule has 0 bridgehead atoms. The Hall–Kier alpha value is -0.560. The van der Waals surface area contributed by atoms with Gasteiger partial charge in [-0.1, -0.05) is 0 Å². The number of aliphatic hydroxyl groups is 1. The number of ether oxygens (including phenoxy) is 1. The molecule has 0 radical (unpaired) electrons. The third-order valence-corrected chi connectivity index (χ3v) is 2.55. The van der Waals surface area contributed by atoms with Gasteiger partial charge in [-0.15, -0.1) is 12.3 Å². The molecule has 0 amide bonds. The predicted octanol–water partition coefficient (Wildman–Crippen LogP) is 0.871. The zero-order chi connectivity index (χ0) is 11.3. The average Bonchev–Trinajstić information content (AvgIpc) is 2.16. The van der Waals surface area contributed by atoms with Gasteiger partial charge >= 0.3 is 0 Å². The number of hydrogen-bond acceptors (Lipinski definition) is 3. The van der Waals surface area contributed by atoms with Gasteiger partial charge in [0.15, 0.2) is 0 Å². The molecule has 1 rings (SSSR count). The first-order valence-electron chi connectivity index (χ1n) is 5.52. The minimum Gasteiger partial charge on any atom is -0.394 e. The number of morpholine rings is 1. The second kappa shape index (κ2) is 5.50. The van der Waals surface area contributed by atoms with Gasteiger partial charge < -0.3 is 9.84 Å². The summed E-state index contributed by atoms with van der Waals surface area (Å²) in [5, 5.41) is 9.13. The van der Waals surface area contributed by atoms with Crippen LogP contribution in [0.15, 0.2) is 0 Å². The average molecular weight is 211 g/mol. The van der Waals surface area contributed by atoms with Crippen LogP contribution in [0, 0.1) is 12.3 Å². The van der Waals surface area contributed by atoms with Gasteiger partial charge in [-0.2, -0.15) is 0 Å². The van der Waals surface area contributed by atoms with Crippen molar-refractivity contribution in [2.45, 2.75) is 38.4 Å². The molecular weight excluding hydrogens is 190 g/mol. The van der Waals surface area contributed by atoms with Gasteiger partial charge in [-0.3, -0.25) is 4.90 Å². The summed E-state index contributed by atoms with van der Waals surface area (Å²) in [5.74, 6) is 2.65. The van der Waals surface area contributed by atoms with E-state index in [0.717, 1.165) is 32.5 Å². The van der Waals surface area contributed by atoms with Crippen LogP contribution >= 0.6 is 0 Å². The van der Waals surface area contributed by atoms with Crippen LogP contribution in [0.5, 0.6) is 0 Å². The topological polar surface area (TPSA) is 32.7 Å². The van der Waals surface area contributed by atoms with E-state index in [-0.39, 0.29) is 18.3 Å². The molecule has 0 aromatic carbocycles. The van der Waals surface area contributed by atoms with Crippen LogP contribution in [0.3, 0.4) is 0 Å². The number of rotatable bonds is 4. The molecule has 0 aromatic heterocycles. The van der Waals surface area contributed by atoms with Gasteiger partial charge in [-0.05, 0) is 26.8 Å². The molecule has 0 aromatic rings. The van der Waals surface area contributed by atoms with Gasteiger partial charge in [0.2, 0.25) is 0 Å². The monoisotopic (exact) mass is 211 g/mol. The number of terminal acetylenes is 1. The Labute approximate surface area is 92.4 Å². The van der Waals surface area contributed by atoms with Crippen molar-refractivity contribution in [1.82, 2.24) is 4.90 Å². The van der Waals surface area contributed by atoms with Crippen LogP contribution in [-0.4, -0.2) is 48.0 Å². The molecule has 1 atom stereocenters. The lowest BCUT2D eigenvalue weighted by atomic mass is 10.0. The van der Waals surface area contributed by atoms with E-state index < -0.39 is 0 Å². The quantitative estimate of drug-likeness (QED) is 0.553. The largest absolute Gasteiger partial charge is 0.394 e. The van der Waals surface area contributed by atoms with E-state index in [1.54, 1.807) is 0 Å². The summed E-state index contributed by atoms with van der Waals surface area (Å²) < 4.78 is 5.73. The van der Waals surface area contributed by atoms with Crippen LogP contribution < -0.4 is 0 Å². The van der Waals surface area contributed by atoms with E-state index >= 15 is 0 Å². The van der Waals surface area contributed by atoms with Crippen molar-refractivity contribution in [2.24, 2.45) is 0 Å². The third kappa shape index (κ3) is 4.21. The highest BCUT2D eigenvalue weighted by Gasteiger charge is 2.32. The molecule has 1 aliphatic rings. The van der Waals surface area contributed by atoms with Gasteiger partial charge in [0.05, 0.1) is 18.3 Å². The maximum Gasteiger partial charge on any atom is 0.0940 e. The number of unbranched alkanes of at least 4 members (excludes halogenated alkanes) is 1. The maximum absolute atomic E-state index is 9.13. The molecule has 3 heteroatoms. The Bertz CT molecular complexity index is 232. The van der Waals surface area contributed by atoms with E-state index in [1.807, 2.05) is 0 Å². The summed E-state index contributed by atoms with van der Waals surface area (Å²) in [5.41, 5.74) is -0.165. The second-order valence-corrected chi connectivity index (χ2v) is 4.72. The Morgan fingerprint density at radius 2 is 2.33 bits per heavy atom. The lowest BCUT2D eigenvalue weighted by Gasteiger charge is -2.42. The van der Waals surface area contributed by atoms with Crippen molar-refractivity contribution < 1.29 is 9.84 Å². The maximum atomic E-state index is 9.13. The smallest absolute Gasteiger partial charge is 0.0940 e. The summed E-state index contributed by atoms with van der Waals surface area (Å²) in [6, 6.07) is 0. The zero-order valence-corrected chi connectivity index (χ0v) is 9.70. The molecular formula is C12H21NO2. The van der Waals surface area contributed by atoms with E-state index in [4.69, 9.17) is 16.3 Å². The first-order valence-corrected chi connectivity index (χ1v) is 5.52. The fraction of sp³-hybridized carbons (Fsp3) is 0.833. The normalized spacial score (nSPS) is 26.1. The van der Waals surface area contributed by atoms with Gasteiger partial charge in [0, 0.05) is 19.5 Å². The van der Waals surface area contributed by atoms with E-state index in [0.29, 0.717) is 0 Å². The molecule has 86 valence electrons. The minimum atomic E-state index is -0.165. The van der Waals surface area contributed by atoms with E-state index in [9.17, 15) is 0 Å². The van der Waals surface area contributed by atoms with Crippen molar-refractivity contribution in [3.8, 4) is 12.3 Å². The number of hydrogen-bond donors (Lipinski definition) is 1. The van der Waals surface area contributed by atoms with Gasteiger partial charge in [-0.25, -0.2) is 0 Å². The van der Waals surface area contributed by atoms with Crippen molar-refractivity contribution >= 4 is 0 Å². The van der Waals surface area contributed by atoms with Crippen LogP contribution in [0.1, 0.15) is 26.7 Å². The van der Waals surface area contributed by atoms with Crippen molar-refractivity contribution in [1.29, 1.82) is 0 Å². The summed E-state index contributed by atoms with van der Waals surface area (Å²) in [6.07, 6.45) is 7.00. The fourth-order valence-corrected chi connectivity index (χ4v) is 2.09. The Morgan fingerprint density at radius 3 is 2.93 bits per heavy atom.